The van der Waals surface area contributed by atoms with Crippen molar-refractivity contribution in [2.24, 2.45) is 0 Å². The van der Waals surface area contributed by atoms with Crippen LogP contribution in [0, 0.1) is 0 Å². The maximum absolute atomic E-state index is 6.31. The van der Waals surface area contributed by atoms with E-state index in [0.29, 0.717) is 0 Å². The van der Waals surface area contributed by atoms with Crippen LogP contribution < -0.4 is 0 Å². The van der Waals surface area contributed by atoms with E-state index >= 15 is 0 Å². The zero-order chi connectivity index (χ0) is 21.6. The lowest BCUT2D eigenvalue weighted by atomic mass is 11.8. The van der Waals surface area contributed by atoms with Crippen molar-refractivity contribution in [3.63, 3.8) is 0 Å². The Labute approximate surface area is 169 Å². The summed E-state index contributed by atoms with van der Waals surface area (Å²) in [7, 11) is -5.66. The first-order valence-electron chi connectivity index (χ1n) is 8.31. The van der Waals surface area contributed by atoms with Crippen molar-refractivity contribution >= 4 is 43.8 Å². The van der Waals surface area contributed by atoms with Gasteiger partial charge in [0.05, 0.1) is 0 Å². The fraction of sp³-hybridized carbons (Fsp3) is 1.00. The van der Waals surface area contributed by atoms with E-state index in [1.165, 1.54) is 42.7 Å². The minimum atomic E-state index is -3.24. The topological polar surface area (TPSA) is 92.3 Å². The van der Waals surface area contributed by atoms with Gasteiger partial charge in [0, 0.05) is 42.7 Å². The van der Waals surface area contributed by atoms with E-state index in [4.69, 9.17) is 43.0 Å². The van der Waals surface area contributed by atoms with Gasteiger partial charge in [0.25, 0.3) is 0 Å². The van der Waals surface area contributed by atoms with Gasteiger partial charge in [-0.15, -0.1) is 0 Å². The van der Waals surface area contributed by atoms with Crippen LogP contribution in [0.15, 0.2) is 0 Å². The summed E-state index contributed by atoms with van der Waals surface area (Å²) in [5, 5.41) is 0. The average molecular weight is 481 g/mol. The van der Waals surface area contributed by atoms with Crippen LogP contribution in [0.1, 0.15) is 0 Å². The summed E-state index contributed by atoms with van der Waals surface area (Å²) < 4.78 is 56.7. The molecule has 0 aromatic rings. The highest BCUT2D eigenvalue weighted by molar-refractivity contribution is 6.87. The lowest BCUT2D eigenvalue weighted by Gasteiger charge is -2.40. The molecule has 0 bridgehead atoms. The first kappa shape index (κ1) is 27.7. The Kier molecular flexibility index (Phi) is 10.9. The van der Waals surface area contributed by atoms with Crippen molar-refractivity contribution in [3.05, 3.63) is 0 Å². The predicted molar refractivity (Wildman–Crippen MR) is 110 cm³/mol. The van der Waals surface area contributed by atoms with E-state index in [0.717, 1.165) is 0 Å². The van der Waals surface area contributed by atoms with Gasteiger partial charge in [-0.3, -0.25) is 0 Å². The van der Waals surface area contributed by atoms with E-state index in [9.17, 15) is 0 Å². The summed E-state index contributed by atoms with van der Waals surface area (Å²) in [4.78, 5) is 0. The fourth-order valence-corrected chi connectivity index (χ4v) is 21.5. The molecule has 15 heteroatoms. The Balaban J connectivity index is 5.24. The van der Waals surface area contributed by atoms with Crippen LogP contribution in [0.4, 0.5) is 0 Å². The van der Waals surface area contributed by atoms with Gasteiger partial charge >= 0.3 is 43.8 Å². The molecular formula is C12H36O10Si5. The lowest BCUT2D eigenvalue weighted by molar-refractivity contribution is 0.0382. The van der Waals surface area contributed by atoms with E-state index in [1.807, 2.05) is 39.3 Å². The van der Waals surface area contributed by atoms with Crippen LogP contribution in [0.5, 0.6) is 0 Å². The Morgan fingerprint density at radius 2 is 0.519 bits per heavy atom. The first-order valence-corrected chi connectivity index (χ1v) is 20.0. The second kappa shape index (κ2) is 10.6. The molecule has 0 unspecified atom stereocenters. The Morgan fingerprint density at radius 1 is 0.333 bits per heavy atom. The third kappa shape index (κ3) is 8.92. The van der Waals surface area contributed by atoms with Crippen LogP contribution in [0.25, 0.3) is 0 Å². The van der Waals surface area contributed by atoms with Gasteiger partial charge in [0.2, 0.25) is 0 Å². The molecule has 0 aliphatic carbocycles. The quantitative estimate of drug-likeness (QED) is 0.343. The highest BCUT2D eigenvalue weighted by Crippen LogP contribution is 2.26. The largest absolute Gasteiger partial charge is 0.669 e. The molecule has 0 radical (unpaired) electrons. The third-order valence-corrected chi connectivity index (χ3v) is 20.0. The molecule has 0 atom stereocenters. The Bertz CT molecular complexity index is 388. The van der Waals surface area contributed by atoms with Crippen molar-refractivity contribution in [2.45, 2.75) is 39.3 Å². The van der Waals surface area contributed by atoms with Gasteiger partial charge < -0.3 is 43.0 Å². The van der Waals surface area contributed by atoms with Crippen LogP contribution in [0.3, 0.4) is 0 Å². The van der Waals surface area contributed by atoms with Crippen molar-refractivity contribution in [2.75, 3.05) is 42.7 Å². The van der Waals surface area contributed by atoms with E-state index in [-0.39, 0.29) is 0 Å². The van der Waals surface area contributed by atoms with Gasteiger partial charge in [-0.25, -0.2) is 0 Å². The molecule has 0 aliphatic rings. The van der Waals surface area contributed by atoms with Crippen molar-refractivity contribution in [1.82, 2.24) is 0 Å². The molecule has 0 aromatic heterocycles. The second-order valence-corrected chi connectivity index (χ2v) is 22.9. The zero-order valence-corrected chi connectivity index (χ0v) is 23.6. The van der Waals surface area contributed by atoms with Gasteiger partial charge in [-0.05, 0) is 39.3 Å². The third-order valence-electron chi connectivity index (χ3n) is 3.22. The molecule has 0 aromatic carbocycles. The van der Waals surface area contributed by atoms with Gasteiger partial charge in [0.15, 0.2) is 0 Å². The minimum absolute atomic E-state index is 1.48. The molecule has 0 rings (SSSR count). The summed E-state index contributed by atoms with van der Waals surface area (Å²) >= 11 is 0. The average Bonchev–Trinajstić information content (AvgIpc) is 2.55. The van der Waals surface area contributed by atoms with E-state index in [1.54, 1.807) is 0 Å². The number of hydrogen-bond acceptors (Lipinski definition) is 10. The predicted octanol–water partition coefficient (Wildman–Crippen LogP) is 1.91. The Morgan fingerprint density at radius 3 is 0.704 bits per heavy atom. The summed E-state index contributed by atoms with van der Waals surface area (Å²) in [6, 6.07) is 0. The normalized spacial score (nSPS) is 14.7. The molecule has 0 amide bonds. The molecule has 0 aliphatic heterocycles. The molecule has 164 valence electrons. The molecular weight excluding hydrogens is 445 g/mol. The highest BCUT2D eigenvalue weighted by Gasteiger charge is 2.54. The molecule has 0 N–H and O–H groups in total. The molecule has 0 heterocycles. The molecule has 27 heavy (non-hydrogen) atoms. The maximum Gasteiger partial charge on any atom is 0.669 e. The van der Waals surface area contributed by atoms with Crippen LogP contribution in [-0.2, 0) is 43.0 Å². The number of rotatable bonds is 14. The summed E-state index contributed by atoms with van der Waals surface area (Å²) in [6.45, 7) is 11.4. The van der Waals surface area contributed by atoms with Gasteiger partial charge in [0.1, 0.15) is 0 Å². The summed E-state index contributed by atoms with van der Waals surface area (Å²) in [6.07, 6.45) is 0. The summed E-state index contributed by atoms with van der Waals surface area (Å²) in [5.74, 6) is 0. The van der Waals surface area contributed by atoms with Gasteiger partial charge in [-0.2, -0.15) is 0 Å². The first-order chi connectivity index (χ1) is 12.2. The molecule has 0 fully saturated rings. The van der Waals surface area contributed by atoms with E-state index in [2.05, 4.69) is 0 Å². The molecule has 0 saturated heterocycles. The monoisotopic (exact) mass is 480 g/mol. The van der Waals surface area contributed by atoms with Crippen molar-refractivity contribution in [3.8, 4) is 0 Å². The van der Waals surface area contributed by atoms with Crippen LogP contribution >= 0.6 is 0 Å². The lowest BCUT2D eigenvalue weighted by Crippen LogP contribution is -2.62. The summed E-state index contributed by atoms with van der Waals surface area (Å²) in [5.41, 5.74) is 0. The minimum Gasteiger partial charge on any atom is -0.416 e. The standard InChI is InChI=1S/C12H36O10Si5/c1-13-26(14-2,15-3)21-24(9,10)19-23(7,8)20-25(11,12)22-27(16-4,17-5)18-6/h1-12H3. The second-order valence-electron chi connectivity index (χ2n) is 6.83. The SMILES string of the molecule is CO[Si](OC)(OC)O[Si](C)(C)O[Si](C)(C)O[Si](C)(C)O[Si](OC)(OC)OC. The number of hydrogen-bond donors (Lipinski definition) is 0. The molecule has 0 spiro atoms. The Hall–Kier alpha value is 0.684. The van der Waals surface area contributed by atoms with Crippen LogP contribution in [0.2, 0.25) is 39.3 Å². The smallest absolute Gasteiger partial charge is 0.416 e. The van der Waals surface area contributed by atoms with Crippen molar-refractivity contribution < 1.29 is 43.0 Å². The van der Waals surface area contributed by atoms with E-state index < -0.39 is 43.8 Å². The van der Waals surface area contributed by atoms with Crippen LogP contribution in [-0.4, -0.2) is 86.4 Å². The molecule has 10 nitrogen and oxygen atoms in total. The maximum atomic E-state index is 6.31. The van der Waals surface area contributed by atoms with Crippen molar-refractivity contribution in [1.29, 1.82) is 0 Å². The fourth-order valence-electron chi connectivity index (χ4n) is 2.60. The van der Waals surface area contributed by atoms with Gasteiger partial charge in [-0.1, -0.05) is 0 Å². The molecule has 0 saturated carbocycles. The highest BCUT2D eigenvalue weighted by atomic mass is 28.5. The zero-order valence-electron chi connectivity index (χ0n) is 18.6.